The van der Waals surface area contributed by atoms with Crippen molar-refractivity contribution < 1.29 is 12.9 Å². The predicted octanol–water partition coefficient (Wildman–Crippen LogP) is 1.48. The van der Waals surface area contributed by atoms with Crippen LogP contribution in [-0.2, 0) is 15.8 Å². The van der Waals surface area contributed by atoms with Gasteiger partial charge in [-0.25, -0.2) is 13.1 Å². The molecule has 3 aromatic rings. The highest BCUT2D eigenvalue weighted by molar-refractivity contribution is 7.88. The lowest BCUT2D eigenvalue weighted by molar-refractivity contribution is 0.401. The van der Waals surface area contributed by atoms with Crippen LogP contribution < -0.4 is 9.62 Å². The van der Waals surface area contributed by atoms with Crippen molar-refractivity contribution in [2.24, 2.45) is 5.92 Å². The highest BCUT2D eigenvalue weighted by Gasteiger charge is 2.29. The number of para-hydroxylation sites is 1. The van der Waals surface area contributed by atoms with E-state index in [0.29, 0.717) is 17.8 Å². The molecule has 0 bridgehead atoms. The quantitative estimate of drug-likeness (QED) is 0.698. The number of hydrogen-bond acceptors (Lipinski definition) is 7. The lowest BCUT2D eigenvalue weighted by Crippen LogP contribution is -2.52. The number of aryl methyl sites for hydroxylation is 1. The van der Waals surface area contributed by atoms with Gasteiger partial charge in [0.2, 0.25) is 10.0 Å². The average molecular weight is 373 g/mol. The van der Waals surface area contributed by atoms with Gasteiger partial charge < -0.3 is 9.42 Å². The van der Waals surface area contributed by atoms with E-state index in [0.717, 1.165) is 30.0 Å². The van der Waals surface area contributed by atoms with Crippen molar-refractivity contribution in [1.29, 1.82) is 0 Å². The molecule has 8 nitrogen and oxygen atoms in total. The fourth-order valence-corrected chi connectivity index (χ4v) is 4.12. The summed E-state index contributed by atoms with van der Waals surface area (Å²) < 4.78 is 32.5. The second-order valence-electron chi connectivity index (χ2n) is 6.54. The van der Waals surface area contributed by atoms with Crippen LogP contribution in [0.5, 0.6) is 0 Å². The molecule has 1 aromatic carbocycles. The van der Waals surface area contributed by atoms with E-state index in [1.807, 2.05) is 37.3 Å². The van der Waals surface area contributed by atoms with Gasteiger partial charge in [0.05, 0.1) is 5.69 Å². The van der Waals surface area contributed by atoms with E-state index in [1.54, 1.807) is 6.07 Å². The molecular formula is C17H19N5O3S. The summed E-state index contributed by atoms with van der Waals surface area (Å²) in [6.07, 6.45) is 0. The third kappa shape index (κ3) is 3.54. The van der Waals surface area contributed by atoms with Gasteiger partial charge in [-0.15, -0.1) is 5.10 Å². The van der Waals surface area contributed by atoms with E-state index < -0.39 is 10.0 Å². The Morgan fingerprint density at radius 2 is 2.00 bits per heavy atom. The summed E-state index contributed by atoms with van der Waals surface area (Å²) in [5.41, 5.74) is 1.89. The summed E-state index contributed by atoms with van der Waals surface area (Å²) in [6, 6.07) is 11.1. The molecule has 1 aliphatic heterocycles. The Kier molecular flexibility index (Phi) is 4.33. The minimum absolute atomic E-state index is 0.191. The number of aromatic nitrogens is 3. The number of anilines is 1. The van der Waals surface area contributed by atoms with Gasteiger partial charge in [-0.2, -0.15) is 5.10 Å². The molecule has 3 heterocycles. The van der Waals surface area contributed by atoms with E-state index >= 15 is 0 Å². The smallest absolute Gasteiger partial charge is 0.217 e. The van der Waals surface area contributed by atoms with Gasteiger partial charge in [0.15, 0.2) is 11.4 Å². The average Bonchev–Trinajstić information content (AvgIpc) is 2.97. The zero-order chi connectivity index (χ0) is 18.1. The molecule has 4 rings (SSSR count). The molecule has 0 amide bonds. The Bertz CT molecular complexity index is 1010. The van der Waals surface area contributed by atoms with E-state index in [-0.39, 0.29) is 11.7 Å². The number of rotatable bonds is 6. The van der Waals surface area contributed by atoms with Crippen molar-refractivity contribution in [3.63, 3.8) is 0 Å². The number of nitrogens with one attached hydrogen (secondary N) is 1. The SMILES string of the molecule is Cc1ccc(N2CC(CNS(=O)(=O)Cc3noc4ccccc34)C2)nn1. The van der Waals surface area contributed by atoms with E-state index in [2.05, 4.69) is 25.0 Å². The van der Waals surface area contributed by atoms with Gasteiger partial charge in [0.25, 0.3) is 0 Å². The first-order valence-corrected chi connectivity index (χ1v) is 10.0. The van der Waals surface area contributed by atoms with Crippen molar-refractivity contribution in [3.8, 4) is 0 Å². The standard InChI is InChI=1S/C17H19N5O3S/c1-12-6-7-17(20-19-12)22-9-13(10-22)8-18-26(23,24)11-15-14-4-2-3-5-16(14)25-21-15/h2-7,13,18H,8-11H2,1H3. The summed E-state index contributed by atoms with van der Waals surface area (Å²) >= 11 is 0. The van der Waals surface area contributed by atoms with Crippen molar-refractivity contribution in [2.45, 2.75) is 12.7 Å². The van der Waals surface area contributed by atoms with Crippen molar-refractivity contribution in [1.82, 2.24) is 20.1 Å². The summed E-state index contributed by atoms with van der Waals surface area (Å²) in [5, 5.41) is 12.8. The van der Waals surface area contributed by atoms with E-state index in [1.165, 1.54) is 0 Å². The van der Waals surface area contributed by atoms with Crippen LogP contribution in [0.2, 0.25) is 0 Å². The predicted molar refractivity (Wildman–Crippen MR) is 97.1 cm³/mol. The molecule has 0 aliphatic carbocycles. The van der Waals surface area contributed by atoms with Crippen LogP contribution >= 0.6 is 0 Å². The highest BCUT2D eigenvalue weighted by Crippen LogP contribution is 2.22. The third-order valence-corrected chi connectivity index (χ3v) is 5.70. The van der Waals surface area contributed by atoms with Crippen LogP contribution in [0.25, 0.3) is 11.0 Å². The molecule has 1 aliphatic rings. The number of fused-ring (bicyclic) bond motifs is 1. The van der Waals surface area contributed by atoms with Crippen LogP contribution in [0.15, 0.2) is 40.9 Å². The second-order valence-corrected chi connectivity index (χ2v) is 8.34. The van der Waals surface area contributed by atoms with Gasteiger partial charge in [-0.05, 0) is 31.2 Å². The summed E-state index contributed by atoms with van der Waals surface area (Å²) in [5.74, 6) is 0.884. The Labute approximate surface area is 151 Å². The van der Waals surface area contributed by atoms with Crippen LogP contribution in [0.3, 0.4) is 0 Å². The summed E-state index contributed by atoms with van der Waals surface area (Å²) in [6.45, 7) is 3.80. The molecule has 1 N–H and O–H groups in total. The van der Waals surface area contributed by atoms with E-state index in [4.69, 9.17) is 4.52 Å². The molecule has 2 aromatic heterocycles. The van der Waals surface area contributed by atoms with Crippen LogP contribution in [0.1, 0.15) is 11.4 Å². The van der Waals surface area contributed by atoms with Crippen molar-refractivity contribution in [3.05, 3.63) is 47.8 Å². The Morgan fingerprint density at radius 3 is 2.77 bits per heavy atom. The van der Waals surface area contributed by atoms with Gasteiger partial charge in [0, 0.05) is 30.9 Å². The maximum absolute atomic E-state index is 12.3. The molecule has 26 heavy (non-hydrogen) atoms. The minimum Gasteiger partial charge on any atom is -0.356 e. The molecular weight excluding hydrogens is 354 g/mol. The van der Waals surface area contributed by atoms with Gasteiger partial charge in [0.1, 0.15) is 11.4 Å². The Hall–Kier alpha value is -2.52. The number of benzene rings is 1. The molecule has 9 heteroatoms. The number of sulfonamides is 1. The van der Waals surface area contributed by atoms with Crippen LogP contribution in [0.4, 0.5) is 5.82 Å². The Morgan fingerprint density at radius 1 is 1.19 bits per heavy atom. The zero-order valence-electron chi connectivity index (χ0n) is 14.3. The van der Waals surface area contributed by atoms with Crippen LogP contribution in [0, 0.1) is 12.8 Å². The normalized spacial score (nSPS) is 15.3. The van der Waals surface area contributed by atoms with Crippen molar-refractivity contribution >= 4 is 26.8 Å². The molecule has 136 valence electrons. The van der Waals surface area contributed by atoms with Crippen molar-refractivity contribution in [2.75, 3.05) is 24.5 Å². The van der Waals surface area contributed by atoms with Gasteiger partial charge >= 0.3 is 0 Å². The maximum atomic E-state index is 12.3. The second kappa shape index (κ2) is 6.65. The molecule has 0 atom stereocenters. The number of hydrogen-bond donors (Lipinski definition) is 1. The van der Waals surface area contributed by atoms with Gasteiger partial charge in [-0.3, -0.25) is 0 Å². The molecule has 0 radical (unpaired) electrons. The molecule has 0 unspecified atom stereocenters. The fourth-order valence-electron chi connectivity index (χ4n) is 2.96. The Balaban J connectivity index is 1.31. The highest BCUT2D eigenvalue weighted by atomic mass is 32.2. The summed E-state index contributed by atoms with van der Waals surface area (Å²) in [4.78, 5) is 2.08. The molecule has 0 spiro atoms. The lowest BCUT2D eigenvalue weighted by atomic mass is 10.0. The lowest BCUT2D eigenvalue weighted by Gasteiger charge is -2.39. The molecule has 1 fully saturated rings. The van der Waals surface area contributed by atoms with Crippen LogP contribution in [-0.4, -0.2) is 43.4 Å². The fraction of sp³-hybridized carbons (Fsp3) is 0.353. The first-order chi connectivity index (χ1) is 12.5. The molecule has 1 saturated heterocycles. The first kappa shape index (κ1) is 16.9. The minimum atomic E-state index is -3.47. The maximum Gasteiger partial charge on any atom is 0.217 e. The topological polar surface area (TPSA) is 101 Å². The largest absolute Gasteiger partial charge is 0.356 e. The number of nitrogens with zero attached hydrogens (tertiary/aromatic N) is 4. The first-order valence-electron chi connectivity index (χ1n) is 8.36. The molecule has 0 saturated carbocycles. The monoisotopic (exact) mass is 373 g/mol. The van der Waals surface area contributed by atoms with E-state index in [9.17, 15) is 8.42 Å². The summed E-state index contributed by atoms with van der Waals surface area (Å²) in [7, 11) is -3.47. The van der Waals surface area contributed by atoms with Gasteiger partial charge in [-0.1, -0.05) is 17.3 Å². The zero-order valence-corrected chi connectivity index (χ0v) is 15.1. The third-order valence-electron chi connectivity index (χ3n) is 4.44.